The van der Waals surface area contributed by atoms with Gasteiger partial charge in [-0.25, -0.2) is 4.79 Å². The van der Waals surface area contributed by atoms with E-state index in [9.17, 15) is 9.90 Å². The van der Waals surface area contributed by atoms with Gasteiger partial charge in [0, 0.05) is 25.0 Å². The van der Waals surface area contributed by atoms with E-state index in [1.54, 1.807) is 6.08 Å². The molecule has 3 heterocycles. The third-order valence-electron chi connectivity index (χ3n) is 5.01. The normalized spacial score (nSPS) is 48.4. The Bertz CT molecular complexity index is 419. The molecule has 0 amide bonds. The second kappa shape index (κ2) is 3.12. The molecule has 4 aliphatic rings. The lowest BCUT2D eigenvalue weighted by Gasteiger charge is -2.37. The van der Waals surface area contributed by atoms with E-state index in [0.717, 1.165) is 25.0 Å². The molecule has 3 aliphatic heterocycles. The second-order valence-electron chi connectivity index (χ2n) is 5.77. The van der Waals surface area contributed by atoms with Crippen molar-refractivity contribution in [1.82, 2.24) is 4.90 Å². The minimum atomic E-state index is -0.374. The van der Waals surface area contributed by atoms with Crippen molar-refractivity contribution in [1.29, 1.82) is 0 Å². The molecule has 1 saturated carbocycles. The van der Waals surface area contributed by atoms with E-state index in [1.165, 1.54) is 12.8 Å². The van der Waals surface area contributed by atoms with E-state index in [0.29, 0.717) is 12.5 Å². The summed E-state index contributed by atoms with van der Waals surface area (Å²) in [4.78, 5) is 14.0. The van der Waals surface area contributed by atoms with Gasteiger partial charge in [0.05, 0.1) is 12.1 Å². The molecule has 4 heteroatoms. The Morgan fingerprint density at radius 1 is 1.47 bits per heavy atom. The molecular formula is C13H17NO3. The van der Waals surface area contributed by atoms with Gasteiger partial charge in [0.25, 0.3) is 0 Å². The quantitative estimate of drug-likeness (QED) is 0.625. The van der Waals surface area contributed by atoms with Gasteiger partial charge >= 0.3 is 5.97 Å². The summed E-state index contributed by atoms with van der Waals surface area (Å²) in [5.74, 6) is -0.208. The number of hydrogen-bond acceptors (Lipinski definition) is 4. The molecule has 92 valence electrons. The number of fused-ring (bicyclic) bond motifs is 3. The smallest absolute Gasteiger partial charge is 0.331 e. The summed E-state index contributed by atoms with van der Waals surface area (Å²) in [6, 6.07) is 0.513. The molecule has 4 rings (SSSR count). The molecule has 1 spiro atoms. The first-order valence-electron chi connectivity index (χ1n) is 6.58. The Labute approximate surface area is 100 Å². The minimum Gasteiger partial charge on any atom is -0.450 e. The maximum Gasteiger partial charge on any atom is 0.331 e. The number of ether oxygens (including phenoxy) is 1. The van der Waals surface area contributed by atoms with E-state index in [2.05, 4.69) is 4.90 Å². The number of rotatable bonds is 0. The summed E-state index contributed by atoms with van der Waals surface area (Å²) in [6.45, 7) is 1.04. The molecule has 1 N–H and O–H groups in total. The second-order valence-corrected chi connectivity index (χ2v) is 5.77. The molecule has 17 heavy (non-hydrogen) atoms. The van der Waals surface area contributed by atoms with Crippen LogP contribution in [0.2, 0.25) is 0 Å². The number of piperidine rings is 1. The molecule has 0 radical (unpaired) electrons. The molecule has 4 atom stereocenters. The van der Waals surface area contributed by atoms with E-state index in [4.69, 9.17) is 4.74 Å². The van der Waals surface area contributed by atoms with Crippen LogP contribution in [0.25, 0.3) is 0 Å². The van der Waals surface area contributed by atoms with Crippen LogP contribution in [0.5, 0.6) is 0 Å². The molecule has 0 aromatic carbocycles. The van der Waals surface area contributed by atoms with Gasteiger partial charge in [0.15, 0.2) is 5.60 Å². The summed E-state index contributed by atoms with van der Waals surface area (Å²) >= 11 is 0. The zero-order valence-corrected chi connectivity index (χ0v) is 9.76. The van der Waals surface area contributed by atoms with Crippen LogP contribution in [0.1, 0.15) is 32.1 Å². The number of aliphatic hydroxyl groups excluding tert-OH is 1. The van der Waals surface area contributed by atoms with Crippen LogP contribution >= 0.6 is 0 Å². The van der Waals surface area contributed by atoms with Crippen molar-refractivity contribution in [2.24, 2.45) is 0 Å². The molecule has 3 unspecified atom stereocenters. The summed E-state index contributed by atoms with van der Waals surface area (Å²) in [6.07, 6.45) is 6.21. The Morgan fingerprint density at radius 2 is 2.35 bits per heavy atom. The fourth-order valence-electron chi connectivity index (χ4n) is 4.36. The minimum absolute atomic E-state index is 0.198. The number of esters is 1. The van der Waals surface area contributed by atoms with Crippen LogP contribution in [0.3, 0.4) is 0 Å². The maximum absolute atomic E-state index is 11.6. The highest BCUT2D eigenvalue weighted by atomic mass is 16.6. The number of nitrogens with zero attached hydrogens (tertiary/aromatic N) is 1. The Hall–Kier alpha value is -0.870. The first-order valence-corrected chi connectivity index (χ1v) is 6.58. The molecule has 0 aromatic heterocycles. The van der Waals surface area contributed by atoms with Gasteiger partial charge in [0.2, 0.25) is 0 Å². The lowest BCUT2D eigenvalue weighted by Crippen LogP contribution is -2.48. The van der Waals surface area contributed by atoms with Crippen LogP contribution in [-0.2, 0) is 9.53 Å². The summed E-state index contributed by atoms with van der Waals surface area (Å²) < 4.78 is 5.68. The van der Waals surface area contributed by atoms with Gasteiger partial charge in [-0.2, -0.15) is 0 Å². The zero-order valence-electron chi connectivity index (χ0n) is 9.76. The van der Waals surface area contributed by atoms with Crippen molar-refractivity contribution >= 4 is 5.97 Å². The zero-order chi connectivity index (χ0) is 11.6. The number of carbonyl (C=O) groups is 1. The average Bonchev–Trinajstić information content (AvgIpc) is 2.79. The highest BCUT2D eigenvalue weighted by Crippen LogP contribution is 2.53. The summed E-state index contributed by atoms with van der Waals surface area (Å²) in [5, 5.41) is 10.2. The molecule has 3 fully saturated rings. The van der Waals surface area contributed by atoms with Crippen LogP contribution < -0.4 is 0 Å². The Balaban J connectivity index is 1.81. The Kier molecular flexibility index (Phi) is 1.85. The average molecular weight is 235 g/mol. The van der Waals surface area contributed by atoms with Crippen molar-refractivity contribution in [2.75, 3.05) is 6.54 Å². The summed E-state index contributed by atoms with van der Waals surface area (Å²) in [7, 11) is 0. The van der Waals surface area contributed by atoms with Crippen molar-refractivity contribution in [3.05, 3.63) is 11.6 Å². The predicted octanol–water partition coefficient (Wildman–Crippen LogP) is 0.600. The third-order valence-corrected chi connectivity index (χ3v) is 5.01. The van der Waals surface area contributed by atoms with Crippen molar-refractivity contribution < 1.29 is 14.6 Å². The molecule has 4 nitrogen and oxygen atoms in total. The van der Waals surface area contributed by atoms with Gasteiger partial charge in [-0.05, 0) is 25.0 Å². The van der Waals surface area contributed by atoms with Crippen LogP contribution in [0.4, 0.5) is 0 Å². The van der Waals surface area contributed by atoms with Crippen molar-refractivity contribution in [3.8, 4) is 0 Å². The highest BCUT2D eigenvalue weighted by molar-refractivity contribution is 5.87. The van der Waals surface area contributed by atoms with Crippen LogP contribution in [0.15, 0.2) is 11.6 Å². The van der Waals surface area contributed by atoms with Crippen LogP contribution in [-0.4, -0.2) is 46.3 Å². The fourth-order valence-corrected chi connectivity index (χ4v) is 4.36. The molecule has 2 saturated heterocycles. The Morgan fingerprint density at radius 3 is 3.24 bits per heavy atom. The molecule has 1 aliphatic carbocycles. The van der Waals surface area contributed by atoms with Gasteiger partial charge in [-0.1, -0.05) is 6.42 Å². The van der Waals surface area contributed by atoms with Gasteiger partial charge in [-0.15, -0.1) is 0 Å². The molecule has 2 bridgehead atoms. The van der Waals surface area contributed by atoms with E-state index < -0.39 is 0 Å². The van der Waals surface area contributed by atoms with E-state index in [-0.39, 0.29) is 23.7 Å². The third kappa shape index (κ3) is 1.13. The SMILES string of the molecule is O=C1C=C2C[C@@H](O)C3CC2(O1)C1CCCCN31. The number of hydrogen-bond donors (Lipinski definition) is 1. The van der Waals surface area contributed by atoms with Crippen molar-refractivity contribution in [2.45, 2.75) is 55.9 Å². The maximum atomic E-state index is 11.6. The lowest BCUT2D eigenvalue weighted by molar-refractivity contribution is -0.148. The first kappa shape index (κ1) is 10.1. The van der Waals surface area contributed by atoms with Gasteiger partial charge in [0.1, 0.15) is 0 Å². The monoisotopic (exact) mass is 235 g/mol. The fraction of sp³-hybridized carbons (Fsp3) is 0.769. The molecule has 0 aromatic rings. The number of aliphatic hydroxyl groups is 1. The van der Waals surface area contributed by atoms with E-state index in [1.807, 2.05) is 0 Å². The largest absolute Gasteiger partial charge is 0.450 e. The van der Waals surface area contributed by atoms with Crippen LogP contribution in [0, 0.1) is 0 Å². The van der Waals surface area contributed by atoms with Crippen molar-refractivity contribution in [3.63, 3.8) is 0 Å². The summed E-state index contributed by atoms with van der Waals surface area (Å²) in [5.41, 5.74) is 0.669. The highest BCUT2D eigenvalue weighted by Gasteiger charge is 2.63. The predicted molar refractivity (Wildman–Crippen MR) is 60.3 cm³/mol. The van der Waals surface area contributed by atoms with E-state index >= 15 is 0 Å². The standard InChI is InChI=1S/C13H17NO3/c15-10-5-8-6-12(16)17-13(8)7-9(10)14-4-2-1-3-11(13)14/h6,9-11,15H,1-5,7H2/t9?,10-,11?,13?/m1/s1. The topological polar surface area (TPSA) is 49.8 Å². The number of carbonyl (C=O) groups excluding carboxylic acids is 1. The first-order chi connectivity index (χ1) is 8.21. The lowest BCUT2D eigenvalue weighted by atomic mass is 9.76. The van der Waals surface area contributed by atoms with Gasteiger partial charge in [-0.3, -0.25) is 4.90 Å². The molecular weight excluding hydrogens is 218 g/mol. The van der Waals surface area contributed by atoms with Gasteiger partial charge < -0.3 is 9.84 Å².